The van der Waals surface area contributed by atoms with Gasteiger partial charge in [0.25, 0.3) is 0 Å². The van der Waals surface area contributed by atoms with Crippen molar-refractivity contribution in [1.29, 1.82) is 0 Å². The molecule has 1 aromatic heterocycles. The van der Waals surface area contributed by atoms with Crippen molar-refractivity contribution in [3.63, 3.8) is 0 Å². The number of nitrogens with zero attached hydrogens (tertiary/aromatic N) is 2. The van der Waals surface area contributed by atoms with Crippen molar-refractivity contribution in [2.45, 2.75) is 36.7 Å². The van der Waals surface area contributed by atoms with Crippen LogP contribution in [0.15, 0.2) is 40.3 Å². The van der Waals surface area contributed by atoms with Crippen molar-refractivity contribution in [2.24, 2.45) is 5.14 Å². The molecule has 10 heteroatoms. The molecule has 3 N–H and O–H groups in total. The van der Waals surface area contributed by atoms with Gasteiger partial charge in [0.1, 0.15) is 4.90 Å². The summed E-state index contributed by atoms with van der Waals surface area (Å²) >= 11 is 0. The molecule has 1 heterocycles. The van der Waals surface area contributed by atoms with Gasteiger partial charge in [0, 0.05) is 19.3 Å². The molecule has 0 unspecified atom stereocenters. The zero-order valence-electron chi connectivity index (χ0n) is 12.7. The van der Waals surface area contributed by atoms with Gasteiger partial charge in [-0.3, -0.25) is 4.68 Å². The van der Waals surface area contributed by atoms with Gasteiger partial charge < -0.3 is 0 Å². The summed E-state index contributed by atoms with van der Waals surface area (Å²) < 4.78 is 51.0. The molecule has 0 saturated carbocycles. The number of nitrogens with two attached hydrogens (primary N) is 1. The maximum atomic E-state index is 12.3. The number of hydrogen-bond acceptors (Lipinski definition) is 5. The molecule has 0 aliphatic heterocycles. The minimum Gasteiger partial charge on any atom is -0.271 e. The molecule has 0 radical (unpaired) electrons. The van der Waals surface area contributed by atoms with Gasteiger partial charge in [0.2, 0.25) is 20.0 Å². The highest BCUT2D eigenvalue weighted by molar-refractivity contribution is 7.89. The van der Waals surface area contributed by atoms with Gasteiger partial charge in [-0.1, -0.05) is 12.1 Å². The maximum absolute atomic E-state index is 12.3. The predicted octanol–water partition coefficient (Wildman–Crippen LogP) is 0.337. The van der Waals surface area contributed by atoms with Crippen LogP contribution < -0.4 is 9.86 Å². The van der Waals surface area contributed by atoms with Crippen molar-refractivity contribution in [2.75, 3.05) is 0 Å². The molecular formula is C13H18N4O4S2. The number of aryl methyl sites for hydroxylation is 2. The van der Waals surface area contributed by atoms with Crippen LogP contribution in [0.4, 0.5) is 0 Å². The Morgan fingerprint density at radius 2 is 1.78 bits per heavy atom. The molecule has 1 aromatic carbocycles. The van der Waals surface area contributed by atoms with E-state index in [4.69, 9.17) is 5.14 Å². The van der Waals surface area contributed by atoms with Crippen LogP contribution in [0, 0.1) is 6.92 Å². The van der Waals surface area contributed by atoms with Crippen molar-refractivity contribution in [1.82, 2.24) is 14.5 Å². The van der Waals surface area contributed by atoms with E-state index in [9.17, 15) is 16.8 Å². The Bertz CT molecular complexity index is 900. The van der Waals surface area contributed by atoms with E-state index in [1.165, 1.54) is 30.5 Å². The number of sulfonamides is 2. The minimum absolute atomic E-state index is 0.0239. The number of primary sulfonamides is 1. The molecule has 2 rings (SSSR count). The lowest BCUT2D eigenvalue weighted by Crippen LogP contribution is -2.23. The Labute approximate surface area is 135 Å². The van der Waals surface area contributed by atoms with E-state index in [-0.39, 0.29) is 16.3 Å². The largest absolute Gasteiger partial charge is 0.271 e. The highest BCUT2D eigenvalue weighted by atomic mass is 32.2. The van der Waals surface area contributed by atoms with E-state index in [2.05, 4.69) is 9.82 Å². The highest BCUT2D eigenvalue weighted by Gasteiger charge is 2.19. The number of aromatic nitrogens is 2. The Morgan fingerprint density at radius 1 is 1.17 bits per heavy atom. The fourth-order valence-corrected chi connectivity index (χ4v) is 3.70. The standard InChI is InChI=1S/C13H18N4O4S2/c1-3-17-9-13(10(2)16-17)23(20,21)15-8-11-4-6-12(7-5-11)22(14,18)19/h4-7,9,15H,3,8H2,1-2H3,(H2,14,18,19). The summed E-state index contributed by atoms with van der Waals surface area (Å²) in [6, 6.07) is 5.67. The van der Waals surface area contributed by atoms with Gasteiger partial charge in [-0.2, -0.15) is 5.10 Å². The average Bonchev–Trinajstić information content (AvgIpc) is 2.87. The van der Waals surface area contributed by atoms with Crippen LogP contribution in [-0.2, 0) is 33.1 Å². The molecule has 23 heavy (non-hydrogen) atoms. The number of nitrogens with one attached hydrogen (secondary N) is 1. The highest BCUT2D eigenvalue weighted by Crippen LogP contribution is 2.14. The van der Waals surface area contributed by atoms with Crippen molar-refractivity contribution in [3.05, 3.63) is 41.7 Å². The first-order valence-electron chi connectivity index (χ1n) is 6.79. The molecule has 0 aliphatic rings. The van der Waals surface area contributed by atoms with E-state index in [1.54, 1.807) is 11.6 Å². The van der Waals surface area contributed by atoms with Gasteiger partial charge in [-0.15, -0.1) is 0 Å². The Kier molecular flexibility index (Phi) is 4.90. The van der Waals surface area contributed by atoms with Gasteiger partial charge in [0.15, 0.2) is 0 Å². The second-order valence-electron chi connectivity index (χ2n) is 4.95. The van der Waals surface area contributed by atoms with Crippen LogP contribution in [0.3, 0.4) is 0 Å². The third-order valence-electron chi connectivity index (χ3n) is 3.23. The summed E-state index contributed by atoms with van der Waals surface area (Å²) in [6.07, 6.45) is 1.47. The molecular weight excluding hydrogens is 340 g/mol. The Hall–Kier alpha value is -1.75. The fraction of sp³-hybridized carbons (Fsp3) is 0.308. The fourth-order valence-electron chi connectivity index (χ4n) is 1.98. The first-order chi connectivity index (χ1) is 10.6. The van der Waals surface area contributed by atoms with Gasteiger partial charge in [-0.05, 0) is 31.5 Å². The molecule has 0 aliphatic carbocycles. The van der Waals surface area contributed by atoms with Crippen LogP contribution >= 0.6 is 0 Å². The van der Waals surface area contributed by atoms with Crippen LogP contribution in [0.1, 0.15) is 18.2 Å². The Morgan fingerprint density at radius 3 is 2.26 bits per heavy atom. The second kappa shape index (κ2) is 6.40. The molecule has 0 bridgehead atoms. The monoisotopic (exact) mass is 358 g/mol. The lowest BCUT2D eigenvalue weighted by atomic mass is 10.2. The summed E-state index contributed by atoms with van der Waals surface area (Å²) in [5.41, 5.74) is 1.03. The zero-order valence-corrected chi connectivity index (χ0v) is 14.4. The van der Waals surface area contributed by atoms with Gasteiger partial charge >= 0.3 is 0 Å². The average molecular weight is 358 g/mol. The lowest BCUT2D eigenvalue weighted by Gasteiger charge is -2.06. The summed E-state index contributed by atoms with van der Waals surface area (Å²) in [5, 5.41) is 9.12. The van der Waals surface area contributed by atoms with E-state index in [0.717, 1.165) is 0 Å². The van der Waals surface area contributed by atoms with E-state index < -0.39 is 20.0 Å². The normalized spacial score (nSPS) is 12.5. The summed E-state index contributed by atoms with van der Waals surface area (Å²) in [5.74, 6) is 0. The quantitative estimate of drug-likeness (QED) is 0.770. The van der Waals surface area contributed by atoms with Crippen LogP contribution in [0.2, 0.25) is 0 Å². The number of rotatable bonds is 6. The summed E-state index contributed by atoms with van der Waals surface area (Å²) in [4.78, 5) is 0.102. The summed E-state index contributed by atoms with van der Waals surface area (Å²) in [7, 11) is -7.45. The molecule has 8 nitrogen and oxygen atoms in total. The molecule has 0 amide bonds. The van der Waals surface area contributed by atoms with Crippen LogP contribution in [0.25, 0.3) is 0 Å². The Balaban J connectivity index is 2.14. The number of benzene rings is 1. The second-order valence-corrected chi connectivity index (χ2v) is 8.24. The molecule has 0 atom stereocenters. The zero-order chi connectivity index (χ0) is 17.3. The van der Waals surface area contributed by atoms with Crippen molar-refractivity contribution >= 4 is 20.0 Å². The number of hydrogen-bond donors (Lipinski definition) is 2. The van der Waals surface area contributed by atoms with Gasteiger partial charge in [0.05, 0.1) is 10.6 Å². The molecule has 2 aromatic rings. The molecule has 126 valence electrons. The summed E-state index contributed by atoms with van der Waals surface area (Å²) in [6.45, 7) is 4.10. The maximum Gasteiger partial charge on any atom is 0.244 e. The predicted molar refractivity (Wildman–Crippen MR) is 84.5 cm³/mol. The topological polar surface area (TPSA) is 124 Å². The van der Waals surface area contributed by atoms with E-state index >= 15 is 0 Å². The smallest absolute Gasteiger partial charge is 0.244 e. The van der Waals surface area contributed by atoms with E-state index in [1.807, 2.05) is 6.92 Å². The first kappa shape index (κ1) is 17.6. The van der Waals surface area contributed by atoms with Crippen LogP contribution in [0.5, 0.6) is 0 Å². The van der Waals surface area contributed by atoms with Crippen molar-refractivity contribution in [3.8, 4) is 0 Å². The molecule has 0 spiro atoms. The molecule has 0 saturated heterocycles. The van der Waals surface area contributed by atoms with Crippen LogP contribution in [-0.4, -0.2) is 26.6 Å². The minimum atomic E-state index is -3.76. The molecule has 0 fully saturated rings. The third kappa shape index (κ3) is 4.16. The first-order valence-corrected chi connectivity index (χ1v) is 9.82. The third-order valence-corrected chi connectivity index (χ3v) is 5.67. The SMILES string of the molecule is CCn1cc(S(=O)(=O)NCc2ccc(S(N)(=O)=O)cc2)c(C)n1. The van der Waals surface area contributed by atoms with Crippen molar-refractivity contribution < 1.29 is 16.8 Å². The van der Waals surface area contributed by atoms with Gasteiger partial charge in [-0.25, -0.2) is 26.7 Å². The lowest BCUT2D eigenvalue weighted by molar-refractivity contribution is 0.580. The van der Waals surface area contributed by atoms with E-state index in [0.29, 0.717) is 17.8 Å².